The molecule has 0 aliphatic carbocycles. The lowest BCUT2D eigenvalue weighted by Crippen LogP contribution is -2.25. The molecule has 0 radical (unpaired) electrons. The van der Waals surface area contributed by atoms with Crippen molar-refractivity contribution in [2.75, 3.05) is 19.7 Å². The maximum absolute atomic E-state index is 10.5. The molecule has 4 nitrogen and oxygen atoms in total. The summed E-state index contributed by atoms with van der Waals surface area (Å²) < 4.78 is 5.83. The zero-order valence-corrected chi connectivity index (χ0v) is 16.1. The first-order chi connectivity index (χ1) is 13.7. The van der Waals surface area contributed by atoms with Crippen LogP contribution in [0.15, 0.2) is 66.9 Å². The molecule has 142 valence electrons. The summed E-state index contributed by atoms with van der Waals surface area (Å²) in [6.07, 6.45) is 5.89. The van der Waals surface area contributed by atoms with Crippen molar-refractivity contribution in [2.24, 2.45) is 0 Å². The molecule has 1 aliphatic heterocycles. The maximum Gasteiger partial charge on any atom is 0.165 e. The Kier molecular flexibility index (Phi) is 5.60. The van der Waals surface area contributed by atoms with Gasteiger partial charge in [0.2, 0.25) is 0 Å². The molecule has 2 aromatic carbocycles. The molecular formula is C23H21ClN2O2. The van der Waals surface area contributed by atoms with E-state index in [1.165, 1.54) is 5.56 Å². The molecule has 0 fully saturated rings. The van der Waals surface area contributed by atoms with Crippen LogP contribution in [0, 0.1) is 0 Å². The van der Waals surface area contributed by atoms with Crippen molar-refractivity contribution >= 4 is 17.7 Å². The third kappa shape index (κ3) is 4.35. The molecule has 1 aliphatic rings. The number of aromatic hydroxyl groups is 1. The predicted molar refractivity (Wildman–Crippen MR) is 113 cm³/mol. The second kappa shape index (κ2) is 8.46. The number of phenolic OH excluding ortho intramolecular Hbond substituents is 1. The van der Waals surface area contributed by atoms with Crippen LogP contribution in [0.25, 0.3) is 17.3 Å². The average Bonchev–Trinajstić information content (AvgIpc) is 2.92. The average molecular weight is 393 g/mol. The Morgan fingerprint density at radius 1 is 1.14 bits per heavy atom. The zero-order valence-electron chi connectivity index (χ0n) is 15.4. The number of ether oxygens (including phenoxy) is 1. The van der Waals surface area contributed by atoms with E-state index in [1.54, 1.807) is 18.3 Å². The highest BCUT2D eigenvalue weighted by atomic mass is 35.5. The molecule has 28 heavy (non-hydrogen) atoms. The Labute approximate surface area is 169 Å². The fourth-order valence-electron chi connectivity index (χ4n) is 3.31. The fourth-order valence-corrected chi connectivity index (χ4v) is 3.42. The van der Waals surface area contributed by atoms with E-state index < -0.39 is 0 Å². The molecular weight excluding hydrogens is 372 g/mol. The van der Waals surface area contributed by atoms with E-state index in [0.29, 0.717) is 23.9 Å². The Balaban J connectivity index is 1.54. The molecule has 1 N–H and O–H groups in total. The van der Waals surface area contributed by atoms with Crippen LogP contribution in [0.4, 0.5) is 0 Å². The molecule has 3 aromatic rings. The molecule has 0 unspecified atom stereocenters. The molecule has 0 atom stereocenters. The minimum absolute atomic E-state index is 0.144. The summed E-state index contributed by atoms with van der Waals surface area (Å²) in [4.78, 5) is 6.65. The second-order valence-electron chi connectivity index (χ2n) is 6.74. The summed E-state index contributed by atoms with van der Waals surface area (Å²) in [5.74, 6) is 0.707. The topological polar surface area (TPSA) is 45.6 Å². The number of halogens is 1. The number of hydrogen-bond acceptors (Lipinski definition) is 4. The van der Waals surface area contributed by atoms with Crippen LogP contribution in [0.2, 0.25) is 5.02 Å². The van der Waals surface area contributed by atoms with Crippen molar-refractivity contribution in [3.05, 3.63) is 83.0 Å². The summed E-state index contributed by atoms with van der Waals surface area (Å²) >= 11 is 5.93. The Morgan fingerprint density at radius 2 is 2.00 bits per heavy atom. The van der Waals surface area contributed by atoms with Crippen LogP contribution in [0.1, 0.15) is 11.1 Å². The van der Waals surface area contributed by atoms with Gasteiger partial charge < -0.3 is 9.84 Å². The monoisotopic (exact) mass is 392 g/mol. The van der Waals surface area contributed by atoms with Gasteiger partial charge in [0.15, 0.2) is 11.5 Å². The van der Waals surface area contributed by atoms with Gasteiger partial charge >= 0.3 is 0 Å². The molecule has 2 heterocycles. The number of phenols is 1. The number of fused-ring (bicyclic) bond motifs is 1. The van der Waals surface area contributed by atoms with E-state index in [-0.39, 0.29) is 5.75 Å². The van der Waals surface area contributed by atoms with Gasteiger partial charge in [-0.2, -0.15) is 0 Å². The summed E-state index contributed by atoms with van der Waals surface area (Å²) in [6.45, 7) is 2.84. The number of benzene rings is 2. The SMILES string of the molecule is Oc1cc(-c2ccc(Cl)cn2)cc2c1OCCN(CC=Cc1ccccc1)C2. The number of hydrogen-bond donors (Lipinski definition) is 1. The van der Waals surface area contributed by atoms with E-state index in [1.807, 2.05) is 30.3 Å². The lowest BCUT2D eigenvalue weighted by atomic mass is 10.0. The third-order valence-electron chi connectivity index (χ3n) is 4.69. The summed E-state index contributed by atoms with van der Waals surface area (Å²) in [7, 11) is 0. The Bertz CT molecular complexity index is 972. The van der Waals surface area contributed by atoms with E-state index in [2.05, 4.69) is 34.2 Å². The highest BCUT2D eigenvalue weighted by Gasteiger charge is 2.19. The molecule has 4 rings (SSSR count). The standard InChI is InChI=1S/C23H21ClN2O2/c24-20-8-9-21(25-15-20)18-13-19-16-26(11-12-28-23(19)22(27)14-18)10-4-7-17-5-2-1-3-6-17/h1-9,13-15,27H,10-12,16H2. The number of pyridine rings is 1. The van der Waals surface area contributed by atoms with Crippen molar-refractivity contribution in [2.45, 2.75) is 6.54 Å². The highest BCUT2D eigenvalue weighted by Crippen LogP contribution is 2.37. The van der Waals surface area contributed by atoms with Gasteiger partial charge in [-0.25, -0.2) is 0 Å². The third-order valence-corrected chi connectivity index (χ3v) is 4.91. The number of rotatable bonds is 4. The molecule has 1 aromatic heterocycles. The van der Waals surface area contributed by atoms with Crippen molar-refractivity contribution < 1.29 is 9.84 Å². The summed E-state index contributed by atoms with van der Waals surface area (Å²) in [5, 5.41) is 11.1. The molecule has 0 spiro atoms. The first-order valence-electron chi connectivity index (χ1n) is 9.23. The van der Waals surface area contributed by atoms with Gasteiger partial charge in [-0.15, -0.1) is 0 Å². The maximum atomic E-state index is 10.5. The van der Waals surface area contributed by atoms with Crippen LogP contribution in [-0.4, -0.2) is 34.7 Å². The Hall–Kier alpha value is -2.82. The van der Waals surface area contributed by atoms with E-state index >= 15 is 0 Å². The highest BCUT2D eigenvalue weighted by molar-refractivity contribution is 6.30. The van der Waals surface area contributed by atoms with Crippen molar-refractivity contribution in [3.63, 3.8) is 0 Å². The number of aromatic nitrogens is 1. The van der Waals surface area contributed by atoms with Gasteiger partial charge in [-0.05, 0) is 29.8 Å². The minimum Gasteiger partial charge on any atom is -0.504 e. The fraction of sp³-hybridized carbons (Fsp3) is 0.174. The van der Waals surface area contributed by atoms with Crippen LogP contribution in [0.3, 0.4) is 0 Å². The normalized spacial score (nSPS) is 14.5. The largest absolute Gasteiger partial charge is 0.504 e. The van der Waals surface area contributed by atoms with Gasteiger partial charge in [-0.3, -0.25) is 9.88 Å². The smallest absolute Gasteiger partial charge is 0.165 e. The quantitative estimate of drug-likeness (QED) is 0.677. The van der Waals surface area contributed by atoms with Crippen LogP contribution in [-0.2, 0) is 6.54 Å². The van der Waals surface area contributed by atoms with Gasteiger partial charge in [0.1, 0.15) is 6.61 Å². The van der Waals surface area contributed by atoms with E-state index in [4.69, 9.17) is 16.3 Å². The molecule has 0 bridgehead atoms. The van der Waals surface area contributed by atoms with Crippen molar-refractivity contribution in [3.8, 4) is 22.8 Å². The minimum atomic E-state index is 0.144. The van der Waals surface area contributed by atoms with Crippen molar-refractivity contribution in [1.82, 2.24) is 9.88 Å². The summed E-state index contributed by atoms with van der Waals surface area (Å²) in [5.41, 5.74) is 3.75. The first-order valence-corrected chi connectivity index (χ1v) is 9.61. The van der Waals surface area contributed by atoms with Gasteiger partial charge in [0, 0.05) is 37.0 Å². The zero-order chi connectivity index (χ0) is 19.3. The Morgan fingerprint density at radius 3 is 2.79 bits per heavy atom. The lowest BCUT2D eigenvalue weighted by Gasteiger charge is -2.17. The van der Waals surface area contributed by atoms with Crippen LogP contribution >= 0.6 is 11.6 Å². The molecule has 0 saturated heterocycles. The van der Waals surface area contributed by atoms with E-state index in [0.717, 1.165) is 29.9 Å². The van der Waals surface area contributed by atoms with Gasteiger partial charge in [0.25, 0.3) is 0 Å². The van der Waals surface area contributed by atoms with Gasteiger partial charge in [-0.1, -0.05) is 54.1 Å². The summed E-state index contributed by atoms with van der Waals surface area (Å²) in [6, 6.07) is 17.6. The van der Waals surface area contributed by atoms with Crippen LogP contribution < -0.4 is 4.74 Å². The van der Waals surface area contributed by atoms with Gasteiger partial charge in [0.05, 0.1) is 10.7 Å². The molecule has 0 amide bonds. The van der Waals surface area contributed by atoms with E-state index in [9.17, 15) is 5.11 Å². The van der Waals surface area contributed by atoms with Crippen molar-refractivity contribution in [1.29, 1.82) is 0 Å². The first kappa shape index (κ1) is 18.5. The number of nitrogens with zero attached hydrogens (tertiary/aromatic N) is 2. The lowest BCUT2D eigenvalue weighted by molar-refractivity contribution is 0.239. The molecule has 0 saturated carbocycles. The molecule has 5 heteroatoms. The second-order valence-corrected chi connectivity index (χ2v) is 7.18. The predicted octanol–water partition coefficient (Wildman–Crippen LogP) is 5.02. The van der Waals surface area contributed by atoms with Crippen LogP contribution in [0.5, 0.6) is 11.5 Å².